The highest BCUT2D eigenvalue weighted by atomic mass is 16.5. The van der Waals surface area contributed by atoms with Crippen molar-refractivity contribution in [3.8, 4) is 0 Å². The molecule has 0 aromatic heterocycles. The largest absolute Gasteiger partial charge is 0.396 e. The number of aliphatic hydroxyl groups excluding tert-OH is 3. The van der Waals surface area contributed by atoms with Crippen molar-refractivity contribution in [2.75, 3.05) is 26.4 Å². The topological polar surface area (TPSA) is 69.9 Å². The molecule has 4 nitrogen and oxygen atoms in total. The van der Waals surface area contributed by atoms with Crippen LogP contribution in [0, 0.1) is 0 Å². The lowest BCUT2D eigenvalue weighted by molar-refractivity contribution is 0.0414. The summed E-state index contributed by atoms with van der Waals surface area (Å²) in [5.74, 6) is 0. The summed E-state index contributed by atoms with van der Waals surface area (Å²) in [7, 11) is 0. The molecule has 0 heterocycles. The van der Waals surface area contributed by atoms with Crippen molar-refractivity contribution in [2.45, 2.75) is 245 Å². The maximum absolute atomic E-state index is 8.73. The fraction of sp³-hybridized carbons (Fsp3) is 1.00. The van der Waals surface area contributed by atoms with E-state index < -0.39 is 0 Å². The average Bonchev–Trinajstić information content (AvgIpc) is 3.07. The van der Waals surface area contributed by atoms with E-state index in [9.17, 15) is 0 Å². The Bertz CT molecular complexity index is 468. The molecule has 3 N–H and O–H groups in total. The number of ether oxygens (including phenoxy) is 1. The Balaban J connectivity index is 0. The van der Waals surface area contributed by atoms with E-state index in [2.05, 4.69) is 13.8 Å². The molecule has 280 valence electrons. The first-order chi connectivity index (χ1) is 22.8. The van der Waals surface area contributed by atoms with Crippen LogP contribution in [0.15, 0.2) is 0 Å². The molecular formula is C42H88O4. The first-order valence-electron chi connectivity index (χ1n) is 21.2. The van der Waals surface area contributed by atoms with Gasteiger partial charge in [0.25, 0.3) is 0 Å². The summed E-state index contributed by atoms with van der Waals surface area (Å²) in [5, 5.41) is 26.1. The van der Waals surface area contributed by atoms with Gasteiger partial charge in [-0.3, -0.25) is 0 Å². The van der Waals surface area contributed by atoms with Crippen molar-refractivity contribution < 1.29 is 20.1 Å². The predicted molar refractivity (Wildman–Crippen MR) is 204 cm³/mol. The third-order valence-corrected chi connectivity index (χ3v) is 9.56. The van der Waals surface area contributed by atoms with Crippen LogP contribution in [0.25, 0.3) is 0 Å². The molecule has 0 aliphatic carbocycles. The normalized spacial score (nSPS) is 11.9. The van der Waals surface area contributed by atoms with E-state index in [1.165, 1.54) is 205 Å². The minimum atomic E-state index is 0.363. The van der Waals surface area contributed by atoms with Crippen LogP contribution in [0.1, 0.15) is 239 Å². The summed E-state index contributed by atoms with van der Waals surface area (Å²) in [6, 6.07) is 0. The van der Waals surface area contributed by atoms with Gasteiger partial charge in [-0.2, -0.15) is 0 Å². The minimum absolute atomic E-state index is 0.363. The molecule has 0 fully saturated rings. The van der Waals surface area contributed by atoms with Crippen LogP contribution in [0.3, 0.4) is 0 Å². The quantitative estimate of drug-likeness (QED) is 0.0576. The molecule has 0 saturated carbocycles. The monoisotopic (exact) mass is 657 g/mol. The van der Waals surface area contributed by atoms with Gasteiger partial charge >= 0.3 is 0 Å². The van der Waals surface area contributed by atoms with Crippen LogP contribution in [0.5, 0.6) is 0 Å². The molecule has 0 amide bonds. The summed E-state index contributed by atoms with van der Waals surface area (Å²) in [5.41, 5.74) is 0. The van der Waals surface area contributed by atoms with E-state index in [0.717, 1.165) is 25.9 Å². The molecule has 0 saturated heterocycles. The summed E-state index contributed by atoms with van der Waals surface area (Å²) in [4.78, 5) is 0. The third kappa shape index (κ3) is 46.0. The van der Waals surface area contributed by atoms with Crippen molar-refractivity contribution in [1.29, 1.82) is 0 Å². The lowest BCUT2D eigenvalue weighted by atomic mass is 10.0. The maximum atomic E-state index is 8.73. The Kier molecular flexibility index (Phi) is 49.0. The lowest BCUT2D eigenvalue weighted by Gasteiger charge is -2.15. The van der Waals surface area contributed by atoms with Crippen LogP contribution in [0.2, 0.25) is 0 Å². The molecule has 4 heteroatoms. The number of aliphatic hydroxyl groups is 3. The fourth-order valence-electron chi connectivity index (χ4n) is 6.28. The van der Waals surface area contributed by atoms with Crippen molar-refractivity contribution >= 4 is 0 Å². The number of hydrogen-bond acceptors (Lipinski definition) is 4. The van der Waals surface area contributed by atoms with Crippen molar-refractivity contribution in [2.24, 2.45) is 0 Å². The van der Waals surface area contributed by atoms with Gasteiger partial charge in [-0.25, -0.2) is 0 Å². The Morgan fingerprint density at radius 1 is 0.326 bits per heavy atom. The van der Waals surface area contributed by atoms with E-state index in [4.69, 9.17) is 20.1 Å². The molecule has 0 rings (SSSR count). The summed E-state index contributed by atoms with van der Waals surface area (Å²) >= 11 is 0. The van der Waals surface area contributed by atoms with Gasteiger partial charge in [-0.1, -0.05) is 200 Å². The Labute approximate surface area is 290 Å². The molecular weight excluding hydrogens is 568 g/mol. The minimum Gasteiger partial charge on any atom is -0.396 e. The first kappa shape index (κ1) is 48.0. The van der Waals surface area contributed by atoms with Gasteiger partial charge in [0.1, 0.15) is 0 Å². The summed E-state index contributed by atoms with van der Waals surface area (Å²) in [6.07, 6.45) is 46.8. The summed E-state index contributed by atoms with van der Waals surface area (Å²) < 4.78 is 5.95. The number of rotatable bonds is 39. The molecule has 46 heavy (non-hydrogen) atoms. The second-order valence-electron chi connectivity index (χ2n) is 14.2. The van der Waals surface area contributed by atoms with E-state index in [0.29, 0.717) is 25.9 Å². The Morgan fingerprint density at radius 3 is 0.783 bits per heavy atom. The van der Waals surface area contributed by atoms with Gasteiger partial charge in [0.05, 0.1) is 6.10 Å². The van der Waals surface area contributed by atoms with Crippen LogP contribution >= 0.6 is 0 Å². The molecule has 0 radical (unpaired) electrons. The van der Waals surface area contributed by atoms with Gasteiger partial charge in [0, 0.05) is 26.4 Å². The maximum Gasteiger partial charge on any atom is 0.0572 e. The molecule has 1 atom stereocenters. The smallest absolute Gasteiger partial charge is 0.0572 e. The van der Waals surface area contributed by atoms with E-state index in [1.54, 1.807) is 0 Å². The standard InChI is InChI=1S/C24H50O2.C18H38O2/c1-3-5-23-26-24(4-2)21-19-17-15-13-11-9-7-6-8-10-12-14-16-18-20-22-25;19-17-15-13-11-9-7-5-3-1-2-4-6-8-10-12-14-16-18-20/h24-25H,3-23H2,1-2H3;19-20H,1-18H2. The van der Waals surface area contributed by atoms with Gasteiger partial charge in [-0.05, 0) is 38.5 Å². The molecule has 0 aromatic carbocycles. The molecule has 0 aromatic rings. The van der Waals surface area contributed by atoms with Crippen LogP contribution in [-0.2, 0) is 4.74 Å². The average molecular weight is 657 g/mol. The molecule has 0 spiro atoms. The zero-order chi connectivity index (χ0) is 33.9. The van der Waals surface area contributed by atoms with Crippen molar-refractivity contribution in [3.63, 3.8) is 0 Å². The molecule has 1 unspecified atom stereocenters. The van der Waals surface area contributed by atoms with E-state index >= 15 is 0 Å². The van der Waals surface area contributed by atoms with E-state index in [-0.39, 0.29) is 0 Å². The SMILES string of the molecule is CCCCOC(CC)CCCCCCCCCCCCCCCCCO.OCCCCCCCCCCCCCCCCCCO. The van der Waals surface area contributed by atoms with Crippen LogP contribution in [0.4, 0.5) is 0 Å². The second-order valence-corrected chi connectivity index (χ2v) is 14.2. The first-order valence-corrected chi connectivity index (χ1v) is 21.2. The van der Waals surface area contributed by atoms with Gasteiger partial charge in [-0.15, -0.1) is 0 Å². The van der Waals surface area contributed by atoms with Crippen molar-refractivity contribution in [3.05, 3.63) is 0 Å². The van der Waals surface area contributed by atoms with Gasteiger partial charge in [0.15, 0.2) is 0 Å². The number of unbranched alkanes of at least 4 members (excludes halogenated alkanes) is 30. The number of hydrogen-bond donors (Lipinski definition) is 3. The Morgan fingerprint density at radius 2 is 0.565 bits per heavy atom. The predicted octanol–water partition coefficient (Wildman–Crippen LogP) is 13.0. The second kappa shape index (κ2) is 47.0. The summed E-state index contributed by atoms with van der Waals surface area (Å²) in [6.45, 7) is 6.54. The molecule has 0 aliphatic heterocycles. The lowest BCUT2D eigenvalue weighted by Crippen LogP contribution is -2.12. The van der Waals surface area contributed by atoms with Gasteiger partial charge < -0.3 is 20.1 Å². The zero-order valence-corrected chi connectivity index (χ0v) is 31.9. The highest BCUT2D eigenvalue weighted by molar-refractivity contribution is 4.57. The zero-order valence-electron chi connectivity index (χ0n) is 31.9. The molecule has 0 aliphatic rings. The fourth-order valence-corrected chi connectivity index (χ4v) is 6.28. The van der Waals surface area contributed by atoms with Crippen LogP contribution in [-0.4, -0.2) is 47.9 Å². The molecule has 0 bridgehead atoms. The van der Waals surface area contributed by atoms with Crippen molar-refractivity contribution in [1.82, 2.24) is 0 Å². The van der Waals surface area contributed by atoms with Crippen LogP contribution < -0.4 is 0 Å². The van der Waals surface area contributed by atoms with E-state index in [1.807, 2.05) is 0 Å². The third-order valence-electron chi connectivity index (χ3n) is 9.56. The highest BCUT2D eigenvalue weighted by Gasteiger charge is 2.05. The highest BCUT2D eigenvalue weighted by Crippen LogP contribution is 2.16. The van der Waals surface area contributed by atoms with Gasteiger partial charge in [0.2, 0.25) is 0 Å². The Hall–Kier alpha value is -0.160.